The molecule has 2 aromatic carbocycles. The Bertz CT molecular complexity index is 1000. The fourth-order valence-corrected chi connectivity index (χ4v) is 2.65. The first-order chi connectivity index (χ1) is 12.4. The van der Waals surface area contributed by atoms with Gasteiger partial charge in [-0.3, -0.25) is 5.32 Å². The Hall–Kier alpha value is -3.13. The van der Waals surface area contributed by atoms with Gasteiger partial charge in [0.25, 0.3) is 11.1 Å². The predicted octanol–water partition coefficient (Wildman–Crippen LogP) is 1.59. The van der Waals surface area contributed by atoms with Gasteiger partial charge in [-0.05, 0) is 62.5 Å². The summed E-state index contributed by atoms with van der Waals surface area (Å²) in [5, 5.41) is 7.05. The lowest BCUT2D eigenvalue weighted by atomic mass is 10.1. The SMILES string of the molecule is Cc1ccc2nc(NC(N)=[NH+]C(=S)Nc3ccc(F)cc3)nc(C)c2c1. The molecule has 0 fully saturated rings. The Labute approximate surface area is 155 Å². The molecule has 5 N–H and O–H groups in total. The van der Waals surface area contributed by atoms with Crippen molar-refractivity contribution in [1.82, 2.24) is 9.97 Å². The van der Waals surface area contributed by atoms with Crippen LogP contribution in [0.4, 0.5) is 16.0 Å². The number of nitrogens with one attached hydrogen (secondary N) is 3. The molecular formula is C18H18FN6S+. The number of halogens is 1. The highest BCUT2D eigenvalue weighted by atomic mass is 32.1. The monoisotopic (exact) mass is 369 g/mol. The zero-order valence-electron chi connectivity index (χ0n) is 14.3. The molecule has 0 unspecified atom stereocenters. The molecule has 3 aromatic rings. The molecule has 0 aliphatic rings. The summed E-state index contributed by atoms with van der Waals surface area (Å²) < 4.78 is 12.9. The number of fused-ring (bicyclic) bond motifs is 1. The van der Waals surface area contributed by atoms with E-state index in [1.807, 2.05) is 32.0 Å². The zero-order chi connectivity index (χ0) is 18.7. The molecule has 132 valence electrons. The van der Waals surface area contributed by atoms with Gasteiger partial charge in [-0.25, -0.2) is 24.7 Å². The number of nitrogens with zero attached hydrogens (tertiary/aromatic N) is 2. The topological polar surface area (TPSA) is 89.8 Å². The van der Waals surface area contributed by atoms with Crippen molar-refractivity contribution in [2.75, 3.05) is 10.6 Å². The summed E-state index contributed by atoms with van der Waals surface area (Å²) in [7, 11) is 0. The number of hydrogen-bond donors (Lipinski definition) is 4. The Kier molecular flexibility index (Phi) is 5.04. The first-order valence-electron chi connectivity index (χ1n) is 7.89. The first kappa shape index (κ1) is 17.7. The molecule has 8 heteroatoms. The van der Waals surface area contributed by atoms with E-state index in [0.29, 0.717) is 11.6 Å². The molecule has 0 aliphatic carbocycles. The van der Waals surface area contributed by atoms with Gasteiger partial charge in [-0.1, -0.05) is 11.6 Å². The molecule has 0 atom stereocenters. The second kappa shape index (κ2) is 7.40. The van der Waals surface area contributed by atoms with Gasteiger partial charge >= 0.3 is 5.96 Å². The van der Waals surface area contributed by atoms with Crippen LogP contribution in [-0.4, -0.2) is 21.0 Å². The maximum absolute atomic E-state index is 12.9. The van der Waals surface area contributed by atoms with Crippen LogP contribution in [0.25, 0.3) is 10.9 Å². The van der Waals surface area contributed by atoms with E-state index < -0.39 is 0 Å². The molecule has 1 aromatic heterocycles. The van der Waals surface area contributed by atoms with Crippen LogP contribution in [0, 0.1) is 19.7 Å². The molecule has 0 amide bonds. The molecule has 0 radical (unpaired) electrons. The van der Waals surface area contributed by atoms with Gasteiger partial charge in [0.05, 0.1) is 16.9 Å². The Morgan fingerprint density at radius 2 is 1.81 bits per heavy atom. The Morgan fingerprint density at radius 3 is 2.54 bits per heavy atom. The molecule has 0 saturated carbocycles. The van der Waals surface area contributed by atoms with Crippen LogP contribution in [0.2, 0.25) is 0 Å². The predicted molar refractivity (Wildman–Crippen MR) is 105 cm³/mol. The standard InChI is InChI=1S/C18H17FN6S/c1-10-3-8-15-14(9-10)11(2)21-17(23-15)24-16(20)25-18(26)22-13-6-4-12(19)5-7-13/h3-9H,1-2H3,(H4,20,21,22,23,24,25,26)/p+1. The molecule has 0 saturated heterocycles. The highest BCUT2D eigenvalue weighted by Crippen LogP contribution is 2.18. The Balaban J connectivity index is 1.74. The van der Waals surface area contributed by atoms with Crippen molar-refractivity contribution in [3.05, 3.63) is 59.5 Å². The van der Waals surface area contributed by atoms with E-state index in [1.54, 1.807) is 12.1 Å². The van der Waals surface area contributed by atoms with Gasteiger partial charge in [0.2, 0.25) is 0 Å². The van der Waals surface area contributed by atoms with E-state index in [1.165, 1.54) is 12.1 Å². The van der Waals surface area contributed by atoms with E-state index in [-0.39, 0.29) is 16.9 Å². The number of rotatable bonds is 2. The molecule has 0 bridgehead atoms. The third-order valence-corrected chi connectivity index (χ3v) is 3.84. The largest absolute Gasteiger partial charge is 0.312 e. The summed E-state index contributed by atoms with van der Waals surface area (Å²) in [6, 6.07) is 11.8. The van der Waals surface area contributed by atoms with Crippen molar-refractivity contribution in [2.24, 2.45) is 5.73 Å². The van der Waals surface area contributed by atoms with Crippen molar-refractivity contribution in [1.29, 1.82) is 0 Å². The van der Waals surface area contributed by atoms with Crippen LogP contribution < -0.4 is 21.4 Å². The number of aryl methyl sites for hydroxylation is 2. The summed E-state index contributed by atoms with van der Waals surface area (Å²) in [4.78, 5) is 11.7. The van der Waals surface area contributed by atoms with E-state index >= 15 is 0 Å². The van der Waals surface area contributed by atoms with Crippen LogP contribution in [0.3, 0.4) is 0 Å². The summed E-state index contributed by atoms with van der Waals surface area (Å²) in [5.41, 5.74) is 9.39. The van der Waals surface area contributed by atoms with Gasteiger partial charge in [0, 0.05) is 5.39 Å². The van der Waals surface area contributed by atoms with Gasteiger partial charge in [0.1, 0.15) is 5.82 Å². The maximum Gasteiger partial charge on any atom is 0.312 e. The van der Waals surface area contributed by atoms with Gasteiger partial charge < -0.3 is 5.73 Å². The van der Waals surface area contributed by atoms with Crippen molar-refractivity contribution in [3.8, 4) is 0 Å². The number of aromatic nitrogens is 2. The number of hydrogen-bond acceptors (Lipinski definition) is 3. The van der Waals surface area contributed by atoms with E-state index in [9.17, 15) is 4.39 Å². The van der Waals surface area contributed by atoms with Crippen molar-refractivity contribution >= 4 is 45.8 Å². The van der Waals surface area contributed by atoms with E-state index in [4.69, 9.17) is 18.0 Å². The van der Waals surface area contributed by atoms with Crippen LogP contribution in [0.15, 0.2) is 42.5 Å². The molecular weight excluding hydrogens is 351 g/mol. The average molecular weight is 369 g/mol. The van der Waals surface area contributed by atoms with Crippen LogP contribution >= 0.6 is 12.2 Å². The maximum atomic E-state index is 12.9. The number of benzene rings is 2. The normalized spacial score (nSPS) is 11.4. The quantitative estimate of drug-likeness (QED) is 0.312. The highest BCUT2D eigenvalue weighted by molar-refractivity contribution is 7.80. The molecule has 0 spiro atoms. The minimum absolute atomic E-state index is 0.176. The first-order valence-corrected chi connectivity index (χ1v) is 8.29. The summed E-state index contributed by atoms with van der Waals surface area (Å²) in [6.45, 7) is 3.94. The molecule has 3 rings (SSSR count). The van der Waals surface area contributed by atoms with Crippen molar-refractivity contribution in [2.45, 2.75) is 13.8 Å². The number of anilines is 2. The summed E-state index contributed by atoms with van der Waals surface area (Å²) >= 11 is 5.18. The highest BCUT2D eigenvalue weighted by Gasteiger charge is 2.09. The number of thiocarbonyl (C=S) groups is 1. The fourth-order valence-electron chi connectivity index (χ4n) is 2.42. The van der Waals surface area contributed by atoms with E-state index in [0.717, 1.165) is 22.2 Å². The zero-order valence-corrected chi connectivity index (χ0v) is 15.1. The van der Waals surface area contributed by atoms with Gasteiger partial charge in [-0.15, -0.1) is 0 Å². The molecule has 0 aliphatic heterocycles. The minimum atomic E-state index is -0.318. The van der Waals surface area contributed by atoms with Gasteiger partial charge in [-0.2, -0.15) is 0 Å². The van der Waals surface area contributed by atoms with Crippen LogP contribution in [-0.2, 0) is 0 Å². The lowest BCUT2D eigenvalue weighted by Gasteiger charge is -2.06. The summed E-state index contributed by atoms with van der Waals surface area (Å²) in [5.74, 6) is 0.227. The molecule has 6 nitrogen and oxygen atoms in total. The van der Waals surface area contributed by atoms with Crippen molar-refractivity contribution < 1.29 is 9.38 Å². The van der Waals surface area contributed by atoms with Gasteiger partial charge in [0.15, 0.2) is 0 Å². The molecule has 1 heterocycles. The minimum Gasteiger partial charge on any atom is -0.310 e. The number of guanidine groups is 1. The fraction of sp³-hybridized carbons (Fsp3) is 0.111. The smallest absolute Gasteiger partial charge is 0.310 e. The third-order valence-electron chi connectivity index (χ3n) is 3.64. The molecule has 26 heavy (non-hydrogen) atoms. The third kappa shape index (κ3) is 4.28. The van der Waals surface area contributed by atoms with Crippen LogP contribution in [0.5, 0.6) is 0 Å². The lowest BCUT2D eigenvalue weighted by Crippen LogP contribution is -2.82. The Morgan fingerprint density at radius 1 is 1.08 bits per heavy atom. The summed E-state index contributed by atoms with van der Waals surface area (Å²) in [6.07, 6.45) is 0. The average Bonchev–Trinajstić information content (AvgIpc) is 2.57. The van der Waals surface area contributed by atoms with Crippen LogP contribution in [0.1, 0.15) is 11.3 Å². The van der Waals surface area contributed by atoms with E-state index in [2.05, 4.69) is 25.6 Å². The number of nitrogens with two attached hydrogens (primary N) is 1. The van der Waals surface area contributed by atoms with Crippen molar-refractivity contribution in [3.63, 3.8) is 0 Å². The lowest BCUT2D eigenvalue weighted by molar-refractivity contribution is -0.311. The second-order valence-electron chi connectivity index (χ2n) is 5.78. The second-order valence-corrected chi connectivity index (χ2v) is 6.19.